The Morgan fingerprint density at radius 1 is 1.33 bits per heavy atom. The number of hydrogen-bond donors (Lipinski definition) is 3. The Kier molecular flexibility index (Phi) is 4.36. The summed E-state index contributed by atoms with van der Waals surface area (Å²) in [7, 11) is 0. The van der Waals surface area contributed by atoms with Gasteiger partial charge in [0.2, 0.25) is 0 Å². The van der Waals surface area contributed by atoms with Gasteiger partial charge in [0, 0.05) is 10.2 Å². The van der Waals surface area contributed by atoms with Gasteiger partial charge < -0.3 is 16.8 Å². The lowest BCUT2D eigenvalue weighted by Gasteiger charge is -2.14. The fourth-order valence-electron chi connectivity index (χ4n) is 1.80. The lowest BCUT2D eigenvalue weighted by Crippen LogP contribution is -2.14. The zero-order valence-corrected chi connectivity index (χ0v) is 13.0. The standard InChI is InChI=1S/C14H10BrClN4O/c15-8-2-1-7(6-17)12(3-8)20-13-10(14(19)21)4-9(18)5-11(13)16/h1-5,20H,18H2,(H2,19,21). The Morgan fingerprint density at radius 2 is 2.05 bits per heavy atom. The highest BCUT2D eigenvalue weighted by Crippen LogP contribution is 2.33. The zero-order chi connectivity index (χ0) is 15.6. The maximum Gasteiger partial charge on any atom is 0.250 e. The van der Waals surface area contributed by atoms with E-state index in [-0.39, 0.29) is 10.6 Å². The Morgan fingerprint density at radius 3 is 2.67 bits per heavy atom. The second-order valence-corrected chi connectivity index (χ2v) is 5.54. The molecule has 2 rings (SSSR count). The van der Waals surface area contributed by atoms with Crippen LogP contribution in [0.5, 0.6) is 0 Å². The van der Waals surface area contributed by atoms with Crippen LogP contribution in [0.25, 0.3) is 0 Å². The number of anilines is 3. The van der Waals surface area contributed by atoms with Crippen molar-refractivity contribution in [2.45, 2.75) is 0 Å². The lowest BCUT2D eigenvalue weighted by atomic mass is 10.1. The Labute approximate surface area is 134 Å². The molecule has 0 spiro atoms. The summed E-state index contributed by atoms with van der Waals surface area (Å²) in [5, 5.41) is 12.3. The summed E-state index contributed by atoms with van der Waals surface area (Å²) in [6, 6.07) is 10.1. The van der Waals surface area contributed by atoms with Gasteiger partial charge >= 0.3 is 0 Å². The van der Waals surface area contributed by atoms with Gasteiger partial charge in [-0.2, -0.15) is 5.26 Å². The van der Waals surface area contributed by atoms with Crippen molar-refractivity contribution in [3.05, 3.63) is 51.0 Å². The summed E-state index contributed by atoms with van der Waals surface area (Å²) in [5.74, 6) is -0.666. The average Bonchev–Trinajstić information content (AvgIpc) is 2.41. The summed E-state index contributed by atoms with van der Waals surface area (Å²) < 4.78 is 0.774. The molecule has 2 aromatic carbocycles. The van der Waals surface area contributed by atoms with Gasteiger partial charge in [0.1, 0.15) is 6.07 Å². The van der Waals surface area contributed by atoms with Crippen LogP contribution in [0, 0.1) is 11.3 Å². The molecular formula is C14H10BrClN4O. The minimum Gasteiger partial charge on any atom is -0.399 e. The summed E-state index contributed by atoms with van der Waals surface area (Å²) in [4.78, 5) is 11.5. The molecule has 1 amide bonds. The molecule has 106 valence electrons. The van der Waals surface area contributed by atoms with Crippen LogP contribution in [-0.4, -0.2) is 5.91 Å². The quantitative estimate of drug-likeness (QED) is 0.725. The van der Waals surface area contributed by atoms with Gasteiger partial charge in [0.05, 0.1) is 27.5 Å². The maximum atomic E-state index is 11.5. The van der Waals surface area contributed by atoms with Crippen molar-refractivity contribution in [2.75, 3.05) is 11.1 Å². The second kappa shape index (κ2) is 6.04. The molecule has 0 atom stereocenters. The lowest BCUT2D eigenvalue weighted by molar-refractivity contribution is 0.100. The van der Waals surface area contributed by atoms with E-state index in [4.69, 9.17) is 28.3 Å². The molecule has 21 heavy (non-hydrogen) atoms. The van der Waals surface area contributed by atoms with Crippen molar-refractivity contribution >= 4 is 50.5 Å². The molecule has 7 heteroatoms. The molecule has 0 bridgehead atoms. The third-order valence-electron chi connectivity index (χ3n) is 2.74. The molecule has 0 saturated carbocycles. The smallest absolute Gasteiger partial charge is 0.250 e. The topological polar surface area (TPSA) is 105 Å². The van der Waals surface area contributed by atoms with Crippen LogP contribution in [0.1, 0.15) is 15.9 Å². The van der Waals surface area contributed by atoms with Crippen LogP contribution in [0.2, 0.25) is 5.02 Å². The molecule has 0 fully saturated rings. The molecule has 0 aliphatic carbocycles. The second-order valence-electron chi connectivity index (χ2n) is 4.22. The number of rotatable bonds is 3. The van der Waals surface area contributed by atoms with E-state index < -0.39 is 5.91 Å². The number of nitrogens with one attached hydrogen (secondary N) is 1. The maximum absolute atomic E-state index is 11.5. The van der Waals surface area contributed by atoms with Crippen molar-refractivity contribution < 1.29 is 4.79 Å². The minimum atomic E-state index is -0.666. The highest BCUT2D eigenvalue weighted by molar-refractivity contribution is 9.10. The Balaban J connectivity index is 2.57. The molecule has 2 aromatic rings. The van der Waals surface area contributed by atoms with Gasteiger partial charge in [-0.15, -0.1) is 0 Å². The molecule has 5 N–H and O–H groups in total. The number of nitrogen functional groups attached to an aromatic ring is 1. The number of amides is 1. The minimum absolute atomic E-state index is 0.156. The summed E-state index contributed by atoms with van der Waals surface area (Å²) in [5.41, 5.74) is 12.7. The van der Waals surface area contributed by atoms with Gasteiger partial charge in [-0.1, -0.05) is 27.5 Å². The van der Waals surface area contributed by atoms with Crippen molar-refractivity contribution in [3.63, 3.8) is 0 Å². The van der Waals surface area contributed by atoms with Crippen molar-refractivity contribution in [1.29, 1.82) is 5.26 Å². The van der Waals surface area contributed by atoms with Gasteiger partial charge in [-0.25, -0.2) is 0 Å². The highest BCUT2D eigenvalue weighted by atomic mass is 79.9. The van der Waals surface area contributed by atoms with Gasteiger partial charge in [0.25, 0.3) is 5.91 Å². The third kappa shape index (κ3) is 3.27. The molecule has 0 heterocycles. The van der Waals surface area contributed by atoms with E-state index in [1.54, 1.807) is 18.2 Å². The zero-order valence-electron chi connectivity index (χ0n) is 10.7. The number of benzene rings is 2. The molecule has 0 aliphatic rings. The fourth-order valence-corrected chi connectivity index (χ4v) is 2.44. The molecule has 0 aromatic heterocycles. The number of nitrogens with two attached hydrogens (primary N) is 2. The van der Waals surface area contributed by atoms with Crippen LogP contribution in [0.3, 0.4) is 0 Å². The van der Waals surface area contributed by atoms with E-state index in [2.05, 4.69) is 27.3 Å². The molecular weight excluding hydrogens is 356 g/mol. The predicted molar refractivity (Wildman–Crippen MR) is 86.5 cm³/mol. The first-order valence-corrected chi connectivity index (χ1v) is 6.95. The van der Waals surface area contributed by atoms with Crippen molar-refractivity contribution in [3.8, 4) is 6.07 Å². The highest BCUT2D eigenvalue weighted by Gasteiger charge is 2.15. The predicted octanol–water partition coefficient (Wildman–Crippen LogP) is 3.40. The number of nitriles is 1. The normalized spacial score (nSPS) is 9.95. The van der Waals surface area contributed by atoms with E-state index >= 15 is 0 Å². The van der Waals surface area contributed by atoms with Gasteiger partial charge in [0.15, 0.2) is 0 Å². The average molecular weight is 366 g/mol. The van der Waals surface area contributed by atoms with E-state index in [1.807, 2.05) is 0 Å². The number of halogens is 2. The largest absolute Gasteiger partial charge is 0.399 e. The summed E-state index contributed by atoms with van der Waals surface area (Å²) in [6.07, 6.45) is 0. The first-order valence-electron chi connectivity index (χ1n) is 5.78. The van der Waals surface area contributed by atoms with Crippen LogP contribution in [-0.2, 0) is 0 Å². The molecule has 0 radical (unpaired) electrons. The van der Waals surface area contributed by atoms with Crippen LogP contribution < -0.4 is 16.8 Å². The Hall–Kier alpha value is -2.23. The van der Waals surface area contributed by atoms with E-state index in [0.29, 0.717) is 22.6 Å². The van der Waals surface area contributed by atoms with Gasteiger partial charge in [-0.3, -0.25) is 4.79 Å². The SMILES string of the molecule is N#Cc1ccc(Br)cc1Nc1c(Cl)cc(N)cc1C(N)=O. The Bertz CT molecular complexity index is 770. The first kappa shape index (κ1) is 15.2. The summed E-state index contributed by atoms with van der Waals surface area (Å²) >= 11 is 9.44. The molecule has 5 nitrogen and oxygen atoms in total. The number of hydrogen-bond acceptors (Lipinski definition) is 4. The first-order chi connectivity index (χ1) is 9.92. The van der Waals surface area contributed by atoms with E-state index in [9.17, 15) is 4.79 Å². The summed E-state index contributed by atoms with van der Waals surface area (Å²) in [6.45, 7) is 0. The molecule has 0 unspecified atom stereocenters. The molecule has 0 saturated heterocycles. The number of carbonyl (C=O) groups excluding carboxylic acids is 1. The fraction of sp³-hybridized carbons (Fsp3) is 0. The van der Waals surface area contributed by atoms with E-state index in [1.165, 1.54) is 12.1 Å². The van der Waals surface area contributed by atoms with E-state index in [0.717, 1.165) is 4.47 Å². The van der Waals surface area contributed by atoms with Crippen LogP contribution in [0.15, 0.2) is 34.8 Å². The third-order valence-corrected chi connectivity index (χ3v) is 3.53. The molecule has 0 aliphatic heterocycles. The number of carbonyl (C=O) groups is 1. The number of nitrogens with zero attached hydrogens (tertiary/aromatic N) is 1. The van der Waals surface area contributed by atoms with Crippen molar-refractivity contribution in [2.24, 2.45) is 5.73 Å². The van der Waals surface area contributed by atoms with Crippen LogP contribution >= 0.6 is 27.5 Å². The monoisotopic (exact) mass is 364 g/mol. The van der Waals surface area contributed by atoms with Gasteiger partial charge in [-0.05, 0) is 30.3 Å². The number of primary amides is 1. The van der Waals surface area contributed by atoms with Crippen molar-refractivity contribution in [1.82, 2.24) is 0 Å². The van der Waals surface area contributed by atoms with Crippen LogP contribution in [0.4, 0.5) is 17.1 Å².